The van der Waals surface area contributed by atoms with Gasteiger partial charge in [-0.05, 0) is 13.0 Å². The molecular formula is C13H13F2N3. The first-order chi connectivity index (χ1) is 8.65. The molecule has 2 aromatic rings. The zero-order valence-electron chi connectivity index (χ0n) is 9.95. The second kappa shape index (κ2) is 5.64. The summed E-state index contributed by atoms with van der Waals surface area (Å²) in [5.41, 5.74) is 2.06. The largest absolute Gasteiger partial charge is 0.307 e. The van der Waals surface area contributed by atoms with Crippen molar-refractivity contribution < 1.29 is 8.78 Å². The molecule has 1 aromatic carbocycles. The van der Waals surface area contributed by atoms with Gasteiger partial charge in [0, 0.05) is 37.1 Å². The van der Waals surface area contributed by atoms with Crippen molar-refractivity contribution in [3.8, 4) is 0 Å². The van der Waals surface area contributed by atoms with Crippen molar-refractivity contribution in [1.82, 2.24) is 15.3 Å². The fourth-order valence-electron chi connectivity index (χ4n) is 1.50. The second-order valence-electron chi connectivity index (χ2n) is 3.99. The van der Waals surface area contributed by atoms with Gasteiger partial charge >= 0.3 is 0 Å². The number of nitrogens with one attached hydrogen (secondary N) is 1. The standard InChI is InChI=1S/C13H13F2N3/c1-9-5-18-12(8-17-9)7-16-6-10-2-3-11(14)4-13(10)15/h2-5,8,16H,6-7H2,1H3. The molecule has 0 spiro atoms. The van der Waals surface area contributed by atoms with E-state index in [4.69, 9.17) is 0 Å². The summed E-state index contributed by atoms with van der Waals surface area (Å²) < 4.78 is 26.0. The molecule has 2 rings (SSSR count). The van der Waals surface area contributed by atoms with E-state index in [-0.39, 0.29) is 0 Å². The Morgan fingerprint density at radius 1 is 1.11 bits per heavy atom. The first-order valence-electron chi connectivity index (χ1n) is 5.57. The molecule has 0 saturated heterocycles. The highest BCUT2D eigenvalue weighted by molar-refractivity contribution is 5.18. The van der Waals surface area contributed by atoms with Crippen molar-refractivity contribution in [1.29, 1.82) is 0 Å². The maximum Gasteiger partial charge on any atom is 0.130 e. The third-order valence-corrected chi connectivity index (χ3v) is 2.47. The lowest BCUT2D eigenvalue weighted by Gasteiger charge is -2.05. The van der Waals surface area contributed by atoms with Gasteiger partial charge in [0.15, 0.2) is 0 Å². The van der Waals surface area contributed by atoms with Crippen LogP contribution in [-0.4, -0.2) is 9.97 Å². The molecule has 0 aliphatic rings. The summed E-state index contributed by atoms with van der Waals surface area (Å²) in [5, 5.41) is 3.03. The SMILES string of the molecule is Cc1cnc(CNCc2ccc(F)cc2F)cn1. The van der Waals surface area contributed by atoms with Crippen LogP contribution in [0.1, 0.15) is 17.0 Å². The van der Waals surface area contributed by atoms with E-state index in [1.54, 1.807) is 12.4 Å². The quantitative estimate of drug-likeness (QED) is 0.903. The molecule has 18 heavy (non-hydrogen) atoms. The number of hydrogen-bond donors (Lipinski definition) is 1. The van der Waals surface area contributed by atoms with E-state index in [9.17, 15) is 8.78 Å². The van der Waals surface area contributed by atoms with E-state index in [1.165, 1.54) is 12.1 Å². The van der Waals surface area contributed by atoms with Crippen LogP contribution in [-0.2, 0) is 13.1 Å². The number of nitrogens with zero attached hydrogens (tertiary/aromatic N) is 2. The molecule has 94 valence electrons. The highest BCUT2D eigenvalue weighted by Crippen LogP contribution is 2.09. The Hall–Kier alpha value is -1.88. The van der Waals surface area contributed by atoms with Crippen LogP contribution in [0.2, 0.25) is 0 Å². The minimum Gasteiger partial charge on any atom is -0.307 e. The second-order valence-corrected chi connectivity index (χ2v) is 3.99. The van der Waals surface area contributed by atoms with E-state index in [1.807, 2.05) is 6.92 Å². The molecule has 0 unspecified atom stereocenters. The molecule has 0 aliphatic carbocycles. The normalized spacial score (nSPS) is 10.6. The monoisotopic (exact) mass is 249 g/mol. The number of rotatable bonds is 4. The highest BCUT2D eigenvalue weighted by atomic mass is 19.1. The number of halogens is 2. The molecule has 0 atom stereocenters. The fraction of sp³-hybridized carbons (Fsp3) is 0.231. The minimum atomic E-state index is -0.569. The Bertz CT molecular complexity index is 526. The van der Waals surface area contributed by atoms with E-state index < -0.39 is 11.6 Å². The third-order valence-electron chi connectivity index (χ3n) is 2.47. The molecule has 3 nitrogen and oxygen atoms in total. The van der Waals surface area contributed by atoms with Gasteiger partial charge in [0.2, 0.25) is 0 Å². The first kappa shape index (κ1) is 12.6. The van der Waals surface area contributed by atoms with Gasteiger partial charge in [-0.3, -0.25) is 9.97 Å². The topological polar surface area (TPSA) is 37.8 Å². The van der Waals surface area contributed by atoms with Crippen molar-refractivity contribution in [2.75, 3.05) is 0 Å². The van der Waals surface area contributed by atoms with Gasteiger partial charge in [0.25, 0.3) is 0 Å². The van der Waals surface area contributed by atoms with Crippen molar-refractivity contribution >= 4 is 0 Å². The van der Waals surface area contributed by atoms with Crippen LogP contribution in [0.25, 0.3) is 0 Å². The van der Waals surface area contributed by atoms with Crippen molar-refractivity contribution in [2.45, 2.75) is 20.0 Å². The highest BCUT2D eigenvalue weighted by Gasteiger charge is 2.03. The number of hydrogen-bond acceptors (Lipinski definition) is 3. The molecule has 1 heterocycles. The molecule has 1 N–H and O–H groups in total. The van der Waals surface area contributed by atoms with Gasteiger partial charge in [-0.1, -0.05) is 6.07 Å². The molecule has 0 aliphatic heterocycles. The molecule has 0 radical (unpaired) electrons. The van der Waals surface area contributed by atoms with Crippen LogP contribution in [0.3, 0.4) is 0 Å². The summed E-state index contributed by atoms with van der Waals surface area (Å²) in [6, 6.07) is 3.55. The van der Waals surface area contributed by atoms with E-state index in [2.05, 4.69) is 15.3 Å². The lowest BCUT2D eigenvalue weighted by Crippen LogP contribution is -2.15. The predicted molar refractivity (Wildman–Crippen MR) is 63.7 cm³/mol. The molecule has 0 amide bonds. The van der Waals surface area contributed by atoms with E-state index >= 15 is 0 Å². The average Bonchev–Trinajstić information content (AvgIpc) is 2.34. The van der Waals surface area contributed by atoms with Crippen LogP contribution in [0.15, 0.2) is 30.6 Å². The minimum absolute atomic E-state index is 0.321. The van der Waals surface area contributed by atoms with Gasteiger partial charge in [-0.25, -0.2) is 8.78 Å². The number of benzene rings is 1. The first-order valence-corrected chi connectivity index (χ1v) is 5.57. The fourth-order valence-corrected chi connectivity index (χ4v) is 1.50. The molecular weight excluding hydrogens is 236 g/mol. The van der Waals surface area contributed by atoms with Crippen LogP contribution < -0.4 is 5.32 Å². The van der Waals surface area contributed by atoms with Crippen LogP contribution in [0.4, 0.5) is 8.78 Å². The van der Waals surface area contributed by atoms with E-state index in [0.717, 1.165) is 17.5 Å². The summed E-state index contributed by atoms with van der Waals surface area (Å²) in [4.78, 5) is 8.28. The van der Waals surface area contributed by atoms with Crippen LogP contribution >= 0.6 is 0 Å². The average molecular weight is 249 g/mol. The summed E-state index contributed by atoms with van der Waals surface area (Å²) in [5.74, 6) is -1.11. The zero-order valence-corrected chi connectivity index (χ0v) is 9.95. The van der Waals surface area contributed by atoms with Crippen molar-refractivity contribution in [3.63, 3.8) is 0 Å². The van der Waals surface area contributed by atoms with Crippen molar-refractivity contribution in [2.24, 2.45) is 0 Å². The van der Waals surface area contributed by atoms with Crippen molar-refractivity contribution in [3.05, 3.63) is 59.2 Å². The van der Waals surface area contributed by atoms with Gasteiger partial charge in [-0.2, -0.15) is 0 Å². The lowest BCUT2D eigenvalue weighted by atomic mass is 10.2. The summed E-state index contributed by atoms with van der Waals surface area (Å²) in [6.45, 7) is 2.67. The third kappa shape index (κ3) is 3.30. The Balaban J connectivity index is 1.90. The molecule has 0 fully saturated rings. The predicted octanol–water partition coefficient (Wildman–Crippen LogP) is 2.35. The van der Waals surface area contributed by atoms with Gasteiger partial charge in [-0.15, -0.1) is 0 Å². The zero-order chi connectivity index (χ0) is 13.0. The van der Waals surface area contributed by atoms with Gasteiger partial charge < -0.3 is 5.32 Å². The smallest absolute Gasteiger partial charge is 0.130 e. The number of aryl methyl sites for hydroxylation is 1. The maximum atomic E-state index is 13.3. The van der Waals surface area contributed by atoms with Crippen LogP contribution in [0, 0.1) is 18.6 Å². The Morgan fingerprint density at radius 2 is 1.94 bits per heavy atom. The number of aromatic nitrogens is 2. The summed E-state index contributed by atoms with van der Waals surface area (Å²) >= 11 is 0. The molecule has 0 bridgehead atoms. The molecule has 1 aromatic heterocycles. The molecule has 0 saturated carbocycles. The molecule has 5 heteroatoms. The Labute approximate surface area is 104 Å². The van der Waals surface area contributed by atoms with Crippen LogP contribution in [0.5, 0.6) is 0 Å². The Kier molecular flexibility index (Phi) is 3.94. The van der Waals surface area contributed by atoms with Gasteiger partial charge in [0.05, 0.1) is 11.4 Å². The maximum absolute atomic E-state index is 13.3. The summed E-state index contributed by atoms with van der Waals surface area (Å²) in [6.07, 6.45) is 3.35. The van der Waals surface area contributed by atoms with Gasteiger partial charge in [0.1, 0.15) is 11.6 Å². The Morgan fingerprint density at radius 3 is 2.61 bits per heavy atom. The van der Waals surface area contributed by atoms with E-state index in [0.29, 0.717) is 18.7 Å². The summed E-state index contributed by atoms with van der Waals surface area (Å²) in [7, 11) is 0. The lowest BCUT2D eigenvalue weighted by molar-refractivity contribution is 0.559.